The van der Waals surface area contributed by atoms with Crippen molar-refractivity contribution in [1.29, 1.82) is 0 Å². The number of carbonyl (C=O) groups excluding carboxylic acids is 4. The molecule has 0 bridgehead atoms. The lowest BCUT2D eigenvalue weighted by Crippen LogP contribution is -2.69. The van der Waals surface area contributed by atoms with E-state index in [0.29, 0.717) is 12.1 Å². The molecule has 2 aliphatic carbocycles. The number of aromatic nitrogens is 1. The normalized spacial score (nSPS) is 22.1. The van der Waals surface area contributed by atoms with Gasteiger partial charge >= 0.3 is 0 Å². The molecule has 3 aliphatic rings. The Morgan fingerprint density at radius 2 is 1.86 bits per heavy atom. The van der Waals surface area contributed by atoms with Crippen molar-refractivity contribution < 1.29 is 32.3 Å². The molecule has 1 aliphatic heterocycles. The second kappa shape index (κ2) is 8.09. The van der Waals surface area contributed by atoms with Gasteiger partial charge in [-0.1, -0.05) is 11.6 Å². The van der Waals surface area contributed by atoms with E-state index >= 15 is 0 Å². The molecule has 2 unspecified atom stereocenters. The molecule has 0 spiro atoms. The summed E-state index contributed by atoms with van der Waals surface area (Å²) < 4.78 is 42.5. The number of alkyl halides is 2. The van der Waals surface area contributed by atoms with Crippen LogP contribution >= 0.6 is 11.6 Å². The zero-order valence-electron chi connectivity index (χ0n) is 19.3. The average molecular weight is 523 g/mol. The Morgan fingerprint density at radius 3 is 2.47 bits per heavy atom. The Kier molecular flexibility index (Phi) is 5.47. The van der Waals surface area contributed by atoms with Crippen molar-refractivity contribution >= 4 is 40.8 Å². The zero-order chi connectivity index (χ0) is 26.2. The molecule has 8 nitrogen and oxygen atoms in total. The van der Waals surface area contributed by atoms with Gasteiger partial charge in [-0.3, -0.25) is 19.2 Å². The van der Waals surface area contributed by atoms with Crippen LogP contribution in [0.1, 0.15) is 57.4 Å². The quantitative estimate of drug-likeness (QED) is 0.400. The van der Waals surface area contributed by atoms with Crippen LogP contribution in [0.5, 0.6) is 0 Å². The van der Waals surface area contributed by atoms with E-state index in [4.69, 9.17) is 11.6 Å². The van der Waals surface area contributed by atoms with Gasteiger partial charge in [0.1, 0.15) is 17.1 Å². The van der Waals surface area contributed by atoms with Gasteiger partial charge in [-0.05, 0) is 49.4 Å². The van der Waals surface area contributed by atoms with Crippen LogP contribution < -0.4 is 16.0 Å². The maximum Gasteiger partial charge on any atom is 0.293 e. The predicted molar refractivity (Wildman–Crippen MR) is 123 cm³/mol. The first kappa shape index (κ1) is 24.4. The lowest BCUT2D eigenvalue weighted by Gasteiger charge is -2.45. The first-order valence-corrected chi connectivity index (χ1v) is 11.7. The third-order valence-corrected chi connectivity index (χ3v) is 7.47. The number of rotatable bonds is 6. The largest absolute Gasteiger partial charge is 0.357 e. The van der Waals surface area contributed by atoms with Crippen LogP contribution in [0.15, 0.2) is 18.2 Å². The van der Waals surface area contributed by atoms with Crippen molar-refractivity contribution in [2.24, 2.45) is 5.92 Å². The number of hydrogen-bond donors (Lipinski definition) is 3. The first-order valence-electron chi connectivity index (χ1n) is 11.3. The number of nitrogens with zero attached hydrogens (tertiary/aromatic N) is 1. The minimum atomic E-state index is -3.13. The number of fused-ring (bicyclic) bond motifs is 3. The Morgan fingerprint density at radius 1 is 1.17 bits per heavy atom. The van der Waals surface area contributed by atoms with Crippen molar-refractivity contribution in [3.63, 3.8) is 0 Å². The number of likely N-dealkylation sites (N-methyl/N-ethyl adjacent to an activating group) is 1. The van der Waals surface area contributed by atoms with Gasteiger partial charge < -0.3 is 20.5 Å². The molecule has 2 heterocycles. The lowest BCUT2D eigenvalue weighted by molar-refractivity contribution is -0.164. The number of hydrogen-bond acceptors (Lipinski definition) is 4. The third-order valence-electron chi connectivity index (χ3n) is 7.18. The van der Waals surface area contributed by atoms with Gasteiger partial charge in [-0.25, -0.2) is 13.2 Å². The fraction of sp³-hybridized carbons (Fsp3) is 0.417. The average Bonchev–Trinajstić information content (AvgIpc) is 3.37. The van der Waals surface area contributed by atoms with Crippen LogP contribution in [-0.4, -0.2) is 46.6 Å². The van der Waals surface area contributed by atoms with Crippen LogP contribution in [0.2, 0.25) is 5.02 Å². The number of halogens is 4. The highest BCUT2D eigenvalue weighted by atomic mass is 35.5. The van der Waals surface area contributed by atoms with E-state index in [1.165, 1.54) is 26.1 Å². The standard InChI is InChI=1S/C24H22ClF3N4O4/c1-10-17(19(33)21(35)31-23(22(36)29-2)8-24(27,28)9-23)16-6-11-5-15(11)32(16)18(10)20(34)30-12-3-4-14(26)13(25)7-12/h3-4,7,11,15H,5-6,8-9H2,1-2H3,(H,29,36)(H,30,34)(H,31,35). The maximum absolute atomic E-state index is 13.6. The Labute approximate surface area is 208 Å². The molecule has 1 aromatic carbocycles. The van der Waals surface area contributed by atoms with Crippen molar-refractivity contribution in [3.05, 3.63) is 51.6 Å². The van der Waals surface area contributed by atoms with Gasteiger partial charge in [-0.2, -0.15) is 0 Å². The topological polar surface area (TPSA) is 109 Å². The fourth-order valence-electron chi connectivity index (χ4n) is 5.46. The van der Waals surface area contributed by atoms with Gasteiger partial charge in [0.25, 0.3) is 23.5 Å². The summed E-state index contributed by atoms with van der Waals surface area (Å²) in [7, 11) is 1.25. The SMILES string of the molecule is CNC(=O)C1(NC(=O)C(=O)c2c(C)c(C(=O)Nc3ccc(F)c(Cl)c3)n3c2CC2CC23)CC(F)(F)C1. The van der Waals surface area contributed by atoms with Gasteiger partial charge in [0.15, 0.2) is 0 Å². The first-order chi connectivity index (χ1) is 16.9. The molecular formula is C24H22ClF3N4O4. The molecule has 5 rings (SSSR count). The van der Waals surface area contributed by atoms with Crippen molar-refractivity contribution in [2.45, 2.75) is 50.1 Å². The molecule has 2 saturated carbocycles. The van der Waals surface area contributed by atoms with E-state index in [0.717, 1.165) is 12.5 Å². The van der Waals surface area contributed by atoms with Gasteiger partial charge in [0.05, 0.1) is 10.6 Å². The highest BCUT2D eigenvalue weighted by molar-refractivity contribution is 6.44. The third kappa shape index (κ3) is 3.76. The van der Waals surface area contributed by atoms with Gasteiger partial charge in [0.2, 0.25) is 5.91 Å². The van der Waals surface area contributed by atoms with Crippen LogP contribution in [-0.2, 0) is 16.0 Å². The molecular weight excluding hydrogens is 501 g/mol. The minimum Gasteiger partial charge on any atom is -0.357 e. The summed E-state index contributed by atoms with van der Waals surface area (Å²) in [5.41, 5.74) is -0.650. The number of carbonyl (C=O) groups is 4. The van der Waals surface area contributed by atoms with E-state index in [1.807, 2.05) is 0 Å². The van der Waals surface area contributed by atoms with Gasteiger partial charge in [-0.15, -0.1) is 0 Å². The van der Waals surface area contributed by atoms with Crippen LogP contribution in [0.3, 0.4) is 0 Å². The van der Waals surface area contributed by atoms with Crippen LogP contribution in [0.4, 0.5) is 18.9 Å². The Hall–Kier alpha value is -3.34. The monoisotopic (exact) mass is 522 g/mol. The highest BCUT2D eigenvalue weighted by Gasteiger charge is 2.62. The number of Topliss-reactive ketones (excluding diaryl/α,β-unsaturated/α-hetero) is 1. The fourth-order valence-corrected chi connectivity index (χ4v) is 5.64. The number of nitrogens with one attached hydrogen (secondary N) is 3. The summed E-state index contributed by atoms with van der Waals surface area (Å²) in [6.07, 6.45) is -0.528. The van der Waals surface area contributed by atoms with E-state index < -0.39 is 53.6 Å². The summed E-state index contributed by atoms with van der Waals surface area (Å²) >= 11 is 5.80. The molecule has 0 radical (unpaired) electrons. The van der Waals surface area contributed by atoms with Crippen molar-refractivity contribution in [1.82, 2.24) is 15.2 Å². The van der Waals surface area contributed by atoms with E-state index in [1.54, 1.807) is 4.57 Å². The number of benzene rings is 1. The van der Waals surface area contributed by atoms with Crippen molar-refractivity contribution in [3.8, 4) is 0 Å². The van der Waals surface area contributed by atoms with Crippen LogP contribution in [0.25, 0.3) is 0 Å². The predicted octanol–water partition coefficient (Wildman–Crippen LogP) is 3.17. The molecule has 3 amide bonds. The summed E-state index contributed by atoms with van der Waals surface area (Å²) in [6.45, 7) is 1.53. The highest BCUT2D eigenvalue weighted by Crippen LogP contribution is 2.54. The summed E-state index contributed by atoms with van der Waals surface area (Å²) in [6, 6.07) is 3.71. The molecule has 2 fully saturated rings. The van der Waals surface area contributed by atoms with E-state index in [9.17, 15) is 32.3 Å². The number of amides is 3. The maximum atomic E-state index is 13.6. The lowest BCUT2D eigenvalue weighted by atomic mass is 9.72. The van der Waals surface area contributed by atoms with Crippen LogP contribution in [0, 0.1) is 18.7 Å². The molecule has 1 aromatic heterocycles. The second-order valence-corrected chi connectivity index (χ2v) is 10.1. The number of ketones is 1. The Balaban J connectivity index is 1.45. The zero-order valence-corrected chi connectivity index (χ0v) is 20.1. The van der Waals surface area contributed by atoms with E-state index in [2.05, 4.69) is 16.0 Å². The van der Waals surface area contributed by atoms with E-state index in [-0.39, 0.29) is 39.5 Å². The summed E-state index contributed by atoms with van der Waals surface area (Å²) in [4.78, 5) is 51.7. The molecule has 0 saturated heterocycles. The molecule has 2 aromatic rings. The number of anilines is 1. The van der Waals surface area contributed by atoms with Crippen molar-refractivity contribution in [2.75, 3.05) is 12.4 Å². The molecule has 3 N–H and O–H groups in total. The second-order valence-electron chi connectivity index (χ2n) is 9.67. The Bertz CT molecular complexity index is 1350. The smallest absolute Gasteiger partial charge is 0.293 e. The minimum absolute atomic E-state index is 0.00315. The molecule has 2 atom stereocenters. The molecule has 36 heavy (non-hydrogen) atoms. The summed E-state index contributed by atoms with van der Waals surface area (Å²) in [5, 5.41) is 6.95. The van der Waals surface area contributed by atoms with Gasteiger partial charge in [0, 0.05) is 37.3 Å². The summed E-state index contributed by atoms with van der Waals surface area (Å²) in [5.74, 6) is -7.12. The molecule has 12 heteroatoms. The molecule has 190 valence electrons.